The van der Waals surface area contributed by atoms with Gasteiger partial charge in [0.25, 0.3) is 0 Å². The van der Waals surface area contributed by atoms with Gasteiger partial charge in [0, 0.05) is 12.6 Å². The molecule has 1 fully saturated rings. The fourth-order valence-corrected chi connectivity index (χ4v) is 2.00. The molecule has 0 spiro atoms. The van der Waals surface area contributed by atoms with Crippen molar-refractivity contribution in [3.63, 3.8) is 0 Å². The van der Waals surface area contributed by atoms with E-state index in [0.717, 1.165) is 19.4 Å². The third kappa shape index (κ3) is 6.65. The number of hydrogen-bond acceptors (Lipinski definition) is 2. The molecule has 0 aromatic rings. The van der Waals surface area contributed by atoms with Gasteiger partial charge in [-0.15, -0.1) is 0 Å². The monoisotopic (exact) mass is 248 g/mol. The normalized spacial score (nSPS) is 23.2. The van der Waals surface area contributed by atoms with E-state index in [1.165, 1.54) is 4.90 Å². The van der Waals surface area contributed by atoms with Crippen LogP contribution in [0.5, 0.6) is 0 Å². The predicted molar refractivity (Wildman–Crippen MR) is 52.2 cm³/mol. The maximum absolute atomic E-state index is 12.1. The van der Waals surface area contributed by atoms with Crippen LogP contribution >= 0.6 is 0 Å². The fraction of sp³-hybridized carbons (Fsp3) is 1.00. The third-order valence-corrected chi connectivity index (χ3v) is 2.71. The van der Waals surface area contributed by atoms with Crippen LogP contribution < -0.4 is 51.4 Å². The number of likely N-dealkylation sites (N-methyl/N-ethyl adjacent to an activating group) is 2. The van der Waals surface area contributed by atoms with Gasteiger partial charge in [-0.25, -0.2) is 0 Å². The maximum Gasteiger partial charge on any atom is 1.00 e. The number of nitrogens with zero attached hydrogens (tertiary/aromatic N) is 2. The molecule has 0 radical (unpaired) electrons. The van der Waals surface area contributed by atoms with E-state index in [0.29, 0.717) is 12.6 Å². The van der Waals surface area contributed by atoms with E-state index < -0.39 is 13.4 Å². The van der Waals surface area contributed by atoms with Crippen molar-refractivity contribution in [2.24, 2.45) is 0 Å². The van der Waals surface area contributed by atoms with E-state index in [1.54, 1.807) is 7.05 Å². The zero-order valence-electron chi connectivity index (χ0n) is 9.72. The average molecular weight is 248 g/mol. The van der Waals surface area contributed by atoms with Gasteiger partial charge in [-0.2, -0.15) is 0 Å². The fourth-order valence-electron chi connectivity index (χ4n) is 2.00. The van der Waals surface area contributed by atoms with Crippen molar-refractivity contribution >= 4 is 6.98 Å². The summed E-state index contributed by atoms with van der Waals surface area (Å²) in [6.45, 7) is -3.14. The molecule has 2 nitrogen and oxygen atoms in total. The van der Waals surface area contributed by atoms with Gasteiger partial charge in [-0.3, -0.25) is 0 Å². The molecular weight excluding hydrogens is 231 g/mol. The van der Waals surface area contributed by atoms with Gasteiger partial charge in [0.1, 0.15) is 0 Å². The van der Waals surface area contributed by atoms with Crippen molar-refractivity contribution in [3.05, 3.63) is 0 Å². The molecule has 0 bridgehead atoms. The van der Waals surface area contributed by atoms with Crippen LogP contribution in [-0.4, -0.2) is 56.4 Å². The molecule has 15 heavy (non-hydrogen) atoms. The number of likely N-dealkylation sites (tertiary alicyclic amines) is 1. The summed E-state index contributed by atoms with van der Waals surface area (Å²) in [7, 11) is 3.52. The summed E-state index contributed by atoms with van der Waals surface area (Å²) in [4.78, 5) is 3.52. The first-order valence-corrected chi connectivity index (χ1v) is 4.98. The molecule has 1 aliphatic rings. The van der Waals surface area contributed by atoms with Crippen LogP contribution in [0.25, 0.3) is 0 Å². The van der Waals surface area contributed by atoms with E-state index in [2.05, 4.69) is 4.90 Å². The van der Waals surface area contributed by atoms with Crippen LogP contribution in [0.3, 0.4) is 0 Å². The first-order valence-electron chi connectivity index (χ1n) is 4.98. The molecule has 0 aromatic heterocycles. The largest absolute Gasteiger partial charge is 1.00 e. The van der Waals surface area contributed by atoms with Crippen LogP contribution in [0, 0.1) is 0 Å². The Kier molecular flexibility index (Phi) is 7.64. The molecule has 0 saturated carbocycles. The first-order chi connectivity index (χ1) is 6.38. The van der Waals surface area contributed by atoms with Crippen molar-refractivity contribution in [2.75, 3.05) is 33.6 Å². The van der Waals surface area contributed by atoms with Crippen LogP contribution in [0.1, 0.15) is 12.8 Å². The molecule has 0 N–H and O–H groups in total. The first kappa shape index (κ1) is 16.4. The molecule has 0 aliphatic carbocycles. The predicted octanol–water partition coefficient (Wildman–Crippen LogP) is -1.60. The summed E-state index contributed by atoms with van der Waals surface area (Å²) < 4.78 is 36.3. The van der Waals surface area contributed by atoms with Crippen molar-refractivity contribution in [1.82, 2.24) is 9.80 Å². The zero-order valence-corrected chi connectivity index (χ0v) is 12.8. The Labute approximate surface area is 132 Å². The number of halogens is 3. The van der Waals surface area contributed by atoms with Gasteiger partial charge in [-0.1, -0.05) is 0 Å². The van der Waals surface area contributed by atoms with E-state index in [4.69, 9.17) is 0 Å². The number of hydrogen-bond donors (Lipinski definition) is 0. The Hall–Kier alpha value is 1.41. The Morgan fingerprint density at radius 3 is 2.40 bits per heavy atom. The maximum atomic E-state index is 12.1. The summed E-state index contributed by atoms with van der Waals surface area (Å²) in [5, 5.41) is 0. The molecule has 0 amide bonds. The summed E-state index contributed by atoms with van der Waals surface area (Å²) in [6, 6.07) is 0.304. The number of rotatable bonds is 4. The summed E-state index contributed by atoms with van der Waals surface area (Å²) in [5.74, 6) is 0. The molecule has 84 valence electrons. The molecule has 1 saturated heterocycles. The summed E-state index contributed by atoms with van der Waals surface area (Å²) >= 11 is 0. The molecular formula is C8H17BF3KN2. The second-order valence-electron chi connectivity index (χ2n) is 4.21. The minimum absolute atomic E-state index is 0. The molecule has 7 heteroatoms. The van der Waals surface area contributed by atoms with Crippen LogP contribution in [0.4, 0.5) is 12.9 Å². The molecule has 1 unspecified atom stereocenters. The van der Waals surface area contributed by atoms with E-state index >= 15 is 0 Å². The van der Waals surface area contributed by atoms with Crippen molar-refractivity contribution in [3.8, 4) is 0 Å². The van der Waals surface area contributed by atoms with Gasteiger partial charge >= 0.3 is 58.4 Å². The molecule has 1 atom stereocenters. The standard InChI is InChI=1S/C8H17BF3N2.K/c1-13(7-9(10,11)12)6-8-4-3-5-14(8)2;/h8H,3-7H2,1-2H3;/q-1;+1. The Morgan fingerprint density at radius 2 is 2.00 bits per heavy atom. The van der Waals surface area contributed by atoms with Crippen LogP contribution in [0.15, 0.2) is 0 Å². The van der Waals surface area contributed by atoms with Crippen molar-refractivity contribution < 1.29 is 64.3 Å². The average Bonchev–Trinajstić information content (AvgIpc) is 2.32. The minimum Gasteiger partial charge on any atom is -0.448 e. The summed E-state index contributed by atoms with van der Waals surface area (Å²) in [5.41, 5.74) is 0. The summed E-state index contributed by atoms with van der Waals surface area (Å²) in [6.07, 6.45) is 1.38. The SMILES string of the molecule is CN(CC1CCCN1C)C[B-](F)(F)F.[K+]. The van der Waals surface area contributed by atoms with E-state index in [-0.39, 0.29) is 51.4 Å². The van der Waals surface area contributed by atoms with Gasteiger partial charge in [0.2, 0.25) is 0 Å². The van der Waals surface area contributed by atoms with Crippen LogP contribution in [-0.2, 0) is 0 Å². The zero-order chi connectivity index (χ0) is 10.8. The Balaban J connectivity index is 0.00000196. The topological polar surface area (TPSA) is 6.48 Å². The van der Waals surface area contributed by atoms with Gasteiger partial charge in [0.05, 0.1) is 0 Å². The minimum atomic E-state index is -4.68. The smallest absolute Gasteiger partial charge is 0.448 e. The second-order valence-corrected chi connectivity index (χ2v) is 4.21. The van der Waals surface area contributed by atoms with E-state index in [1.807, 2.05) is 7.05 Å². The van der Waals surface area contributed by atoms with Gasteiger partial charge < -0.3 is 22.7 Å². The molecule has 0 aromatic carbocycles. The Bertz CT molecular complexity index is 191. The van der Waals surface area contributed by atoms with Crippen molar-refractivity contribution in [2.45, 2.75) is 18.9 Å². The molecule has 1 rings (SSSR count). The quantitative estimate of drug-likeness (QED) is 0.553. The molecule has 1 aliphatic heterocycles. The van der Waals surface area contributed by atoms with Gasteiger partial charge in [0.15, 0.2) is 0 Å². The van der Waals surface area contributed by atoms with Crippen LogP contribution in [0.2, 0.25) is 0 Å². The Morgan fingerprint density at radius 1 is 1.40 bits per heavy atom. The van der Waals surface area contributed by atoms with Gasteiger partial charge in [-0.05, 0) is 39.9 Å². The molecule has 1 heterocycles. The second kappa shape index (κ2) is 6.98. The third-order valence-electron chi connectivity index (χ3n) is 2.71. The van der Waals surface area contributed by atoms with Crippen molar-refractivity contribution in [1.29, 1.82) is 0 Å². The van der Waals surface area contributed by atoms with E-state index in [9.17, 15) is 12.9 Å².